The number of carboxylic acid groups (broad SMARTS) is 1. The first-order valence-corrected chi connectivity index (χ1v) is 5.12. The molecule has 2 unspecified atom stereocenters. The van der Waals surface area contributed by atoms with Crippen molar-refractivity contribution in [3.05, 3.63) is 0 Å². The number of carboxylic acids is 1. The van der Waals surface area contributed by atoms with Gasteiger partial charge in [0.05, 0.1) is 5.92 Å². The number of likely N-dealkylation sites (tertiary alicyclic amines) is 1. The van der Waals surface area contributed by atoms with Crippen molar-refractivity contribution in [2.75, 3.05) is 33.7 Å². The molecule has 0 spiro atoms. The van der Waals surface area contributed by atoms with Crippen LogP contribution in [0.5, 0.6) is 0 Å². The Hall–Kier alpha value is -0.610. The van der Waals surface area contributed by atoms with Crippen LogP contribution in [0.2, 0.25) is 0 Å². The van der Waals surface area contributed by atoms with E-state index in [2.05, 4.69) is 16.8 Å². The summed E-state index contributed by atoms with van der Waals surface area (Å²) < 4.78 is 0. The van der Waals surface area contributed by atoms with Crippen molar-refractivity contribution in [3.63, 3.8) is 0 Å². The first-order valence-electron chi connectivity index (χ1n) is 5.12. The third-order valence-corrected chi connectivity index (χ3v) is 2.97. The highest BCUT2D eigenvalue weighted by Crippen LogP contribution is 2.13. The van der Waals surface area contributed by atoms with Gasteiger partial charge < -0.3 is 14.9 Å². The summed E-state index contributed by atoms with van der Waals surface area (Å²) in [5.74, 6) is -0.978. The molecule has 1 fully saturated rings. The molecule has 0 aromatic carbocycles. The average molecular weight is 200 g/mol. The van der Waals surface area contributed by atoms with Gasteiger partial charge in [0, 0.05) is 19.1 Å². The van der Waals surface area contributed by atoms with Gasteiger partial charge in [0.2, 0.25) is 0 Å². The molecule has 1 aliphatic heterocycles. The van der Waals surface area contributed by atoms with Gasteiger partial charge in [-0.3, -0.25) is 4.79 Å². The summed E-state index contributed by atoms with van der Waals surface area (Å²) in [7, 11) is 4.12. The Balaban J connectivity index is 2.34. The Kier molecular flexibility index (Phi) is 3.89. The second kappa shape index (κ2) is 4.75. The van der Waals surface area contributed by atoms with Gasteiger partial charge in [-0.25, -0.2) is 0 Å². The summed E-state index contributed by atoms with van der Waals surface area (Å²) in [6.07, 6.45) is 1.15. The zero-order valence-electron chi connectivity index (χ0n) is 9.23. The van der Waals surface area contributed by atoms with Crippen molar-refractivity contribution >= 4 is 5.97 Å². The van der Waals surface area contributed by atoms with Crippen LogP contribution in [0.15, 0.2) is 0 Å². The van der Waals surface area contributed by atoms with Crippen LogP contribution >= 0.6 is 0 Å². The van der Waals surface area contributed by atoms with E-state index in [1.807, 2.05) is 7.05 Å². The molecule has 1 heterocycles. The Labute approximate surface area is 85.5 Å². The van der Waals surface area contributed by atoms with Crippen molar-refractivity contribution in [2.45, 2.75) is 19.4 Å². The van der Waals surface area contributed by atoms with Gasteiger partial charge in [0.15, 0.2) is 0 Å². The van der Waals surface area contributed by atoms with E-state index in [4.69, 9.17) is 5.11 Å². The zero-order valence-corrected chi connectivity index (χ0v) is 9.23. The van der Waals surface area contributed by atoms with Gasteiger partial charge in [-0.2, -0.15) is 0 Å². The molecular weight excluding hydrogens is 180 g/mol. The first-order chi connectivity index (χ1) is 6.50. The lowest BCUT2D eigenvalue weighted by molar-refractivity contribution is -0.141. The minimum Gasteiger partial charge on any atom is -0.481 e. The maximum Gasteiger partial charge on any atom is 0.307 e. The minimum absolute atomic E-state index is 0.272. The fourth-order valence-electron chi connectivity index (χ4n) is 1.93. The molecule has 4 nitrogen and oxygen atoms in total. The number of aliphatic carboxylic acids is 1. The van der Waals surface area contributed by atoms with Crippen LogP contribution in [0.25, 0.3) is 0 Å². The van der Waals surface area contributed by atoms with Crippen LogP contribution in [-0.2, 0) is 4.79 Å². The highest BCUT2D eigenvalue weighted by molar-refractivity contribution is 5.69. The fraction of sp³-hybridized carbons (Fsp3) is 0.900. The molecule has 1 N–H and O–H groups in total. The number of rotatable bonds is 4. The quantitative estimate of drug-likeness (QED) is 0.711. The summed E-state index contributed by atoms with van der Waals surface area (Å²) in [5.41, 5.74) is 0. The van der Waals surface area contributed by atoms with Gasteiger partial charge >= 0.3 is 5.97 Å². The lowest BCUT2D eigenvalue weighted by Crippen LogP contribution is -2.38. The molecule has 14 heavy (non-hydrogen) atoms. The summed E-state index contributed by atoms with van der Waals surface area (Å²) in [6.45, 7) is 4.59. The molecule has 0 amide bonds. The molecule has 2 atom stereocenters. The predicted octanol–water partition coefficient (Wildman–Crippen LogP) is 0.343. The third kappa shape index (κ3) is 2.96. The molecule has 0 saturated carbocycles. The standard InChI is InChI=1S/C10H20N2O2/c1-8(10(13)14)6-12(3)9-4-5-11(2)7-9/h8-9H,4-7H2,1-3H3,(H,13,14). The molecule has 82 valence electrons. The highest BCUT2D eigenvalue weighted by Gasteiger charge is 2.25. The van der Waals surface area contributed by atoms with Crippen molar-refractivity contribution in [1.29, 1.82) is 0 Å². The molecular formula is C10H20N2O2. The Bertz CT molecular complexity index is 208. The summed E-state index contributed by atoms with van der Waals surface area (Å²) in [6, 6.07) is 0.529. The smallest absolute Gasteiger partial charge is 0.307 e. The lowest BCUT2D eigenvalue weighted by atomic mass is 10.1. The van der Waals surface area contributed by atoms with Gasteiger partial charge in [0.25, 0.3) is 0 Å². The lowest BCUT2D eigenvalue weighted by Gasteiger charge is -2.25. The van der Waals surface area contributed by atoms with Crippen LogP contribution in [0, 0.1) is 5.92 Å². The van der Waals surface area contributed by atoms with Crippen molar-refractivity contribution in [2.24, 2.45) is 5.92 Å². The molecule has 0 aromatic heterocycles. The van der Waals surface area contributed by atoms with Crippen molar-refractivity contribution < 1.29 is 9.90 Å². The van der Waals surface area contributed by atoms with E-state index in [1.165, 1.54) is 0 Å². The monoisotopic (exact) mass is 200 g/mol. The van der Waals surface area contributed by atoms with E-state index in [9.17, 15) is 4.79 Å². The van der Waals surface area contributed by atoms with E-state index in [1.54, 1.807) is 6.92 Å². The molecule has 1 aliphatic rings. The summed E-state index contributed by atoms with van der Waals surface area (Å²) >= 11 is 0. The third-order valence-electron chi connectivity index (χ3n) is 2.97. The number of nitrogens with zero attached hydrogens (tertiary/aromatic N) is 2. The molecule has 1 rings (SSSR count). The maximum atomic E-state index is 10.7. The van der Waals surface area contributed by atoms with Gasteiger partial charge in [-0.05, 0) is 27.1 Å². The predicted molar refractivity (Wildman–Crippen MR) is 55.3 cm³/mol. The van der Waals surface area contributed by atoms with Crippen LogP contribution in [0.4, 0.5) is 0 Å². The largest absolute Gasteiger partial charge is 0.481 e. The SMILES string of the molecule is CC(CN(C)C1CCN(C)C1)C(=O)O. The van der Waals surface area contributed by atoms with E-state index < -0.39 is 5.97 Å². The van der Waals surface area contributed by atoms with Crippen LogP contribution in [0.1, 0.15) is 13.3 Å². The number of hydrogen-bond donors (Lipinski definition) is 1. The zero-order chi connectivity index (χ0) is 10.7. The highest BCUT2D eigenvalue weighted by atomic mass is 16.4. The van der Waals surface area contributed by atoms with Gasteiger partial charge in [-0.1, -0.05) is 6.92 Å². The van der Waals surface area contributed by atoms with Crippen molar-refractivity contribution in [1.82, 2.24) is 9.80 Å². The van der Waals surface area contributed by atoms with Gasteiger partial charge in [0.1, 0.15) is 0 Å². The van der Waals surface area contributed by atoms with Crippen LogP contribution in [-0.4, -0.2) is 60.6 Å². The molecule has 0 bridgehead atoms. The molecule has 1 saturated heterocycles. The first kappa shape index (κ1) is 11.5. The van der Waals surface area contributed by atoms with Crippen LogP contribution < -0.4 is 0 Å². The van der Waals surface area contributed by atoms with Crippen LogP contribution in [0.3, 0.4) is 0 Å². The average Bonchev–Trinajstić information content (AvgIpc) is 2.51. The Morgan fingerprint density at radius 3 is 2.79 bits per heavy atom. The molecule has 4 heteroatoms. The topological polar surface area (TPSA) is 43.8 Å². The number of likely N-dealkylation sites (N-methyl/N-ethyl adjacent to an activating group) is 2. The van der Waals surface area contributed by atoms with E-state index in [0.717, 1.165) is 19.5 Å². The van der Waals surface area contributed by atoms with Crippen molar-refractivity contribution in [3.8, 4) is 0 Å². The minimum atomic E-state index is -0.705. The number of carbonyl (C=O) groups is 1. The van der Waals surface area contributed by atoms with E-state index in [-0.39, 0.29) is 5.92 Å². The molecule has 0 aromatic rings. The van der Waals surface area contributed by atoms with Gasteiger partial charge in [-0.15, -0.1) is 0 Å². The molecule has 0 aliphatic carbocycles. The summed E-state index contributed by atoms with van der Waals surface area (Å²) in [4.78, 5) is 15.1. The Morgan fingerprint density at radius 2 is 2.36 bits per heavy atom. The van der Waals surface area contributed by atoms with E-state index >= 15 is 0 Å². The maximum absolute atomic E-state index is 10.7. The molecule has 0 radical (unpaired) electrons. The summed E-state index contributed by atoms with van der Waals surface area (Å²) in [5, 5.41) is 8.79. The second-order valence-corrected chi connectivity index (χ2v) is 4.38. The Morgan fingerprint density at radius 1 is 1.71 bits per heavy atom. The second-order valence-electron chi connectivity index (χ2n) is 4.38. The normalized spacial score (nSPS) is 25.6. The number of hydrogen-bond acceptors (Lipinski definition) is 3. The fourth-order valence-corrected chi connectivity index (χ4v) is 1.93. The van der Waals surface area contributed by atoms with E-state index in [0.29, 0.717) is 12.6 Å².